The number of para-hydroxylation sites is 1. The van der Waals surface area contributed by atoms with Crippen LogP contribution in [0.1, 0.15) is 24.0 Å². The Morgan fingerprint density at radius 2 is 1.86 bits per heavy atom. The second-order valence-corrected chi connectivity index (χ2v) is 8.80. The summed E-state index contributed by atoms with van der Waals surface area (Å²) in [5, 5.41) is 5.52. The number of nitrogens with one attached hydrogen (secondary N) is 2. The van der Waals surface area contributed by atoms with Crippen molar-refractivity contribution in [3.05, 3.63) is 93.4 Å². The maximum absolute atomic E-state index is 13.9. The van der Waals surface area contributed by atoms with Crippen molar-refractivity contribution in [2.45, 2.75) is 33.7 Å². The topological polar surface area (TPSA) is 97.5 Å². The van der Waals surface area contributed by atoms with Crippen LogP contribution in [-0.2, 0) is 22.6 Å². The molecular weight excluding hydrogens is 497 g/mol. The van der Waals surface area contributed by atoms with Gasteiger partial charge in [0.2, 0.25) is 17.6 Å². The fourth-order valence-electron chi connectivity index (χ4n) is 4.23. The number of amides is 2. The molecule has 2 amide bonds. The van der Waals surface area contributed by atoms with Gasteiger partial charge in [-0.3, -0.25) is 14.4 Å². The second kappa shape index (κ2) is 10.4. The number of nitrogens with zero attached hydrogens (tertiary/aromatic N) is 3. The number of hydrogen-bond acceptors (Lipinski definition) is 4. The zero-order valence-corrected chi connectivity index (χ0v) is 21.3. The number of rotatable bonds is 7. The molecule has 0 saturated heterocycles. The van der Waals surface area contributed by atoms with Gasteiger partial charge >= 0.3 is 0 Å². The first-order valence-corrected chi connectivity index (χ1v) is 11.9. The van der Waals surface area contributed by atoms with E-state index in [-0.39, 0.29) is 22.8 Å². The lowest BCUT2D eigenvalue weighted by molar-refractivity contribution is -0.116. The minimum atomic E-state index is -0.520. The molecule has 0 aliphatic heterocycles. The van der Waals surface area contributed by atoms with Crippen LogP contribution in [0.15, 0.2) is 59.9 Å². The van der Waals surface area contributed by atoms with Gasteiger partial charge in [-0.15, -0.1) is 0 Å². The average Bonchev–Trinajstić information content (AvgIpc) is 3.17. The predicted octanol–water partition coefficient (Wildman–Crippen LogP) is 4.90. The maximum atomic E-state index is 13.9. The van der Waals surface area contributed by atoms with Gasteiger partial charge in [0.25, 0.3) is 5.56 Å². The first kappa shape index (κ1) is 25.8. The van der Waals surface area contributed by atoms with Crippen LogP contribution < -0.4 is 16.2 Å². The van der Waals surface area contributed by atoms with Crippen LogP contribution in [0, 0.1) is 19.7 Å². The van der Waals surface area contributed by atoms with Gasteiger partial charge in [0.15, 0.2) is 0 Å². The SMILES string of the molecule is C=CC(=O)Nc1ccccc1-c1c(CC)n(CC(=O)Nc2ccc(F)cc2Cl)c2nc(C)c(C)n2c1=O. The molecule has 2 aromatic heterocycles. The Balaban J connectivity index is 1.92. The molecule has 2 heterocycles. The summed E-state index contributed by atoms with van der Waals surface area (Å²) in [5.74, 6) is -1.06. The highest BCUT2D eigenvalue weighted by Crippen LogP contribution is 2.30. The Hall–Kier alpha value is -4.24. The zero-order valence-electron chi connectivity index (χ0n) is 20.6. The zero-order chi connectivity index (χ0) is 26.9. The summed E-state index contributed by atoms with van der Waals surface area (Å²) in [6, 6.07) is 10.6. The largest absolute Gasteiger partial charge is 0.323 e. The third-order valence-electron chi connectivity index (χ3n) is 6.08. The van der Waals surface area contributed by atoms with Crippen LogP contribution in [0.4, 0.5) is 15.8 Å². The van der Waals surface area contributed by atoms with Crippen molar-refractivity contribution in [2.75, 3.05) is 10.6 Å². The standard InChI is InChI=1S/C27H25ClFN5O3/c1-5-22-25(18-9-7-8-10-20(18)31-23(35)6-2)26(37)34-16(4)15(3)30-27(34)33(22)14-24(36)32-21-12-11-17(29)13-19(21)28/h6-13H,2,5,14H2,1,3-4H3,(H,31,35)(H,32,36). The summed E-state index contributed by atoms with van der Waals surface area (Å²) >= 11 is 6.09. The van der Waals surface area contributed by atoms with E-state index < -0.39 is 17.6 Å². The van der Waals surface area contributed by atoms with Crippen molar-refractivity contribution < 1.29 is 14.0 Å². The number of imidazole rings is 1. The highest BCUT2D eigenvalue weighted by Gasteiger charge is 2.24. The van der Waals surface area contributed by atoms with E-state index in [0.717, 1.165) is 12.1 Å². The number of halogens is 2. The van der Waals surface area contributed by atoms with Gasteiger partial charge in [0.1, 0.15) is 12.4 Å². The van der Waals surface area contributed by atoms with E-state index in [2.05, 4.69) is 22.2 Å². The molecule has 0 spiro atoms. The minimum Gasteiger partial charge on any atom is -0.323 e. The number of hydrogen-bond donors (Lipinski definition) is 2. The van der Waals surface area contributed by atoms with Gasteiger partial charge < -0.3 is 15.2 Å². The number of aryl methyl sites for hydroxylation is 2. The number of benzene rings is 2. The van der Waals surface area contributed by atoms with E-state index in [0.29, 0.717) is 46.1 Å². The Bertz CT molecular complexity index is 1620. The molecule has 2 aromatic carbocycles. The molecule has 0 unspecified atom stereocenters. The van der Waals surface area contributed by atoms with E-state index in [1.54, 1.807) is 42.7 Å². The van der Waals surface area contributed by atoms with Gasteiger partial charge in [-0.25, -0.2) is 13.8 Å². The normalized spacial score (nSPS) is 10.9. The fraction of sp³-hybridized carbons (Fsp3) is 0.185. The molecule has 0 bridgehead atoms. The summed E-state index contributed by atoms with van der Waals surface area (Å²) in [7, 11) is 0. The number of carbonyl (C=O) groups is 2. The fourth-order valence-corrected chi connectivity index (χ4v) is 4.44. The van der Waals surface area contributed by atoms with Gasteiger partial charge in [-0.1, -0.05) is 43.3 Å². The van der Waals surface area contributed by atoms with Gasteiger partial charge in [-0.2, -0.15) is 0 Å². The Labute approximate surface area is 217 Å². The summed E-state index contributed by atoms with van der Waals surface area (Å²) in [4.78, 5) is 43.7. The van der Waals surface area contributed by atoms with E-state index in [1.165, 1.54) is 16.5 Å². The molecule has 0 aliphatic rings. The lowest BCUT2D eigenvalue weighted by Crippen LogP contribution is -2.29. The number of aromatic nitrogens is 3. The van der Waals surface area contributed by atoms with Crippen LogP contribution in [-0.4, -0.2) is 25.8 Å². The molecule has 190 valence electrons. The molecule has 0 aliphatic carbocycles. The molecular formula is C27H25ClFN5O3. The van der Waals surface area contributed by atoms with Crippen molar-refractivity contribution in [1.29, 1.82) is 0 Å². The Morgan fingerprint density at radius 3 is 2.54 bits per heavy atom. The first-order valence-electron chi connectivity index (χ1n) is 11.5. The van der Waals surface area contributed by atoms with Crippen LogP contribution in [0.2, 0.25) is 5.02 Å². The van der Waals surface area contributed by atoms with E-state index >= 15 is 0 Å². The summed E-state index contributed by atoms with van der Waals surface area (Å²) in [6.45, 7) is 8.74. The molecule has 8 nitrogen and oxygen atoms in total. The average molecular weight is 522 g/mol. The first-order chi connectivity index (χ1) is 17.7. The quantitative estimate of drug-likeness (QED) is 0.338. The van der Waals surface area contributed by atoms with Crippen molar-refractivity contribution >= 4 is 40.6 Å². The molecule has 4 rings (SSSR count). The van der Waals surface area contributed by atoms with Crippen LogP contribution in [0.3, 0.4) is 0 Å². The second-order valence-electron chi connectivity index (χ2n) is 8.40. The monoisotopic (exact) mass is 521 g/mol. The molecule has 2 N–H and O–H groups in total. The molecule has 0 atom stereocenters. The van der Waals surface area contributed by atoms with Gasteiger partial charge in [0.05, 0.1) is 22.0 Å². The summed E-state index contributed by atoms with van der Waals surface area (Å²) in [6.07, 6.45) is 1.54. The Morgan fingerprint density at radius 1 is 1.14 bits per heavy atom. The smallest absolute Gasteiger partial charge is 0.267 e. The molecule has 0 radical (unpaired) electrons. The lowest BCUT2D eigenvalue weighted by Gasteiger charge is -2.20. The molecule has 0 saturated carbocycles. The van der Waals surface area contributed by atoms with Crippen LogP contribution >= 0.6 is 11.6 Å². The van der Waals surface area contributed by atoms with Gasteiger partial charge in [-0.05, 0) is 50.6 Å². The van der Waals surface area contributed by atoms with Gasteiger partial charge in [0, 0.05) is 22.6 Å². The highest BCUT2D eigenvalue weighted by molar-refractivity contribution is 6.33. The maximum Gasteiger partial charge on any atom is 0.267 e. The molecule has 37 heavy (non-hydrogen) atoms. The van der Waals surface area contributed by atoms with Crippen LogP contribution in [0.5, 0.6) is 0 Å². The molecule has 0 fully saturated rings. The number of fused-ring (bicyclic) bond motifs is 1. The van der Waals surface area contributed by atoms with Crippen molar-refractivity contribution in [3.8, 4) is 11.1 Å². The summed E-state index contributed by atoms with van der Waals surface area (Å²) < 4.78 is 16.6. The molecule has 4 aromatic rings. The van der Waals surface area contributed by atoms with E-state index in [9.17, 15) is 18.8 Å². The van der Waals surface area contributed by atoms with E-state index in [1.807, 2.05) is 6.92 Å². The van der Waals surface area contributed by atoms with Crippen LogP contribution in [0.25, 0.3) is 16.9 Å². The number of anilines is 2. The lowest BCUT2D eigenvalue weighted by atomic mass is 10.0. The van der Waals surface area contributed by atoms with Crippen molar-refractivity contribution in [1.82, 2.24) is 14.0 Å². The van der Waals surface area contributed by atoms with E-state index in [4.69, 9.17) is 11.6 Å². The minimum absolute atomic E-state index is 0.0641. The summed E-state index contributed by atoms with van der Waals surface area (Å²) in [5.41, 5.74) is 3.05. The third-order valence-corrected chi connectivity index (χ3v) is 6.39. The Kier molecular flexibility index (Phi) is 7.26. The van der Waals surface area contributed by atoms with Crippen molar-refractivity contribution in [2.24, 2.45) is 0 Å². The van der Waals surface area contributed by atoms with Crippen molar-refractivity contribution in [3.63, 3.8) is 0 Å². The highest BCUT2D eigenvalue weighted by atomic mass is 35.5. The third kappa shape index (κ3) is 4.90. The number of carbonyl (C=O) groups excluding carboxylic acids is 2. The molecule has 10 heteroatoms. The predicted molar refractivity (Wildman–Crippen MR) is 143 cm³/mol.